The molecule has 1 spiro atoms. The van der Waals surface area contributed by atoms with Crippen molar-refractivity contribution in [1.29, 1.82) is 0 Å². The summed E-state index contributed by atoms with van der Waals surface area (Å²) in [5.74, 6) is 0.851. The maximum absolute atomic E-state index is 11.7. The third kappa shape index (κ3) is 2.76. The Labute approximate surface area is 124 Å². The largest absolute Gasteiger partial charge is 0.493 e. The van der Waals surface area contributed by atoms with E-state index in [1.54, 1.807) is 14.2 Å². The molecular weight excluding hydrogens is 272 g/mol. The number of Topliss-reactive ketones (excluding diaryl/α,β-unsaturated/α-hetero) is 1. The van der Waals surface area contributed by atoms with Crippen molar-refractivity contribution in [2.45, 2.75) is 37.6 Å². The Balaban J connectivity index is 1.78. The second-order valence-electron chi connectivity index (χ2n) is 5.51. The van der Waals surface area contributed by atoms with E-state index in [1.807, 2.05) is 18.2 Å². The van der Waals surface area contributed by atoms with E-state index >= 15 is 0 Å². The first kappa shape index (κ1) is 14.4. The molecule has 5 nitrogen and oxygen atoms in total. The van der Waals surface area contributed by atoms with E-state index in [-0.39, 0.29) is 11.9 Å². The molecule has 0 radical (unpaired) electrons. The van der Waals surface area contributed by atoms with Crippen LogP contribution < -0.4 is 9.47 Å². The molecule has 1 aliphatic carbocycles. The second-order valence-corrected chi connectivity index (χ2v) is 5.51. The van der Waals surface area contributed by atoms with E-state index in [0.29, 0.717) is 30.9 Å². The van der Waals surface area contributed by atoms with E-state index in [1.165, 1.54) is 0 Å². The van der Waals surface area contributed by atoms with E-state index < -0.39 is 5.79 Å². The molecule has 0 bridgehead atoms. The summed E-state index contributed by atoms with van der Waals surface area (Å²) >= 11 is 0. The third-order valence-corrected chi connectivity index (χ3v) is 4.11. The smallest absolute Gasteiger partial charge is 0.176 e. The highest BCUT2D eigenvalue weighted by molar-refractivity contribution is 5.80. The van der Waals surface area contributed by atoms with Gasteiger partial charge >= 0.3 is 0 Å². The minimum atomic E-state index is -0.715. The first-order valence-corrected chi connectivity index (χ1v) is 7.21. The molecule has 2 unspecified atom stereocenters. The molecule has 1 aromatic carbocycles. The summed E-state index contributed by atoms with van der Waals surface area (Å²) in [7, 11) is 3.21. The zero-order valence-corrected chi connectivity index (χ0v) is 12.4. The van der Waals surface area contributed by atoms with Crippen LogP contribution in [-0.2, 0) is 14.3 Å². The first-order valence-electron chi connectivity index (χ1n) is 7.21. The number of ether oxygens (including phenoxy) is 4. The van der Waals surface area contributed by atoms with Crippen LogP contribution in [0.5, 0.6) is 11.5 Å². The highest BCUT2D eigenvalue weighted by Gasteiger charge is 2.45. The lowest BCUT2D eigenvalue weighted by Gasteiger charge is -2.30. The van der Waals surface area contributed by atoms with Gasteiger partial charge in [0.2, 0.25) is 0 Å². The van der Waals surface area contributed by atoms with Crippen LogP contribution in [0.1, 0.15) is 37.4 Å². The van der Waals surface area contributed by atoms with Crippen LogP contribution in [0.25, 0.3) is 0 Å². The highest BCUT2D eigenvalue weighted by atomic mass is 16.7. The Kier molecular flexibility index (Phi) is 3.87. The quantitative estimate of drug-likeness (QED) is 0.857. The summed E-state index contributed by atoms with van der Waals surface area (Å²) in [6.45, 7) is 0.461. The molecule has 1 aliphatic heterocycles. The summed E-state index contributed by atoms with van der Waals surface area (Å²) in [6.07, 6.45) is 2.43. The second kappa shape index (κ2) is 5.66. The Hall–Kier alpha value is -1.59. The van der Waals surface area contributed by atoms with Gasteiger partial charge in [-0.05, 0) is 24.1 Å². The minimum absolute atomic E-state index is 0.171. The Bertz CT molecular complexity index is 541. The number of carbonyl (C=O) groups excluding carboxylic acids is 1. The number of ketones is 1. The monoisotopic (exact) mass is 292 g/mol. The molecule has 3 rings (SSSR count). The molecule has 0 aromatic heterocycles. The molecule has 1 heterocycles. The topological polar surface area (TPSA) is 54.0 Å². The van der Waals surface area contributed by atoms with Gasteiger partial charge in [0.05, 0.1) is 27.2 Å². The molecule has 1 aromatic rings. The third-order valence-electron chi connectivity index (χ3n) is 4.11. The summed E-state index contributed by atoms with van der Waals surface area (Å²) < 4.78 is 22.5. The van der Waals surface area contributed by atoms with Gasteiger partial charge in [-0.3, -0.25) is 4.79 Å². The molecule has 1 saturated heterocycles. The van der Waals surface area contributed by atoms with Gasteiger partial charge in [0.25, 0.3) is 0 Å². The molecule has 0 amide bonds. The van der Waals surface area contributed by atoms with Gasteiger partial charge < -0.3 is 18.9 Å². The first-order chi connectivity index (χ1) is 10.2. The molecule has 1 saturated carbocycles. The molecule has 0 N–H and O–H groups in total. The normalized spacial score (nSPS) is 28.9. The lowest BCUT2D eigenvalue weighted by molar-refractivity contribution is -0.189. The van der Waals surface area contributed by atoms with Crippen molar-refractivity contribution in [1.82, 2.24) is 0 Å². The lowest BCUT2D eigenvalue weighted by Crippen LogP contribution is -2.36. The maximum Gasteiger partial charge on any atom is 0.176 e. The SMILES string of the molecule is COc1ccc(C2COC3(CCCC(=O)C3)O2)cc1OC. The van der Waals surface area contributed by atoms with Crippen LogP contribution >= 0.6 is 0 Å². The molecule has 2 atom stereocenters. The maximum atomic E-state index is 11.7. The van der Waals surface area contributed by atoms with Crippen molar-refractivity contribution in [2.24, 2.45) is 0 Å². The van der Waals surface area contributed by atoms with Crippen LogP contribution in [0.15, 0.2) is 18.2 Å². The molecule has 2 fully saturated rings. The van der Waals surface area contributed by atoms with Crippen molar-refractivity contribution in [3.05, 3.63) is 23.8 Å². The molecular formula is C16H20O5. The number of hydrogen-bond donors (Lipinski definition) is 0. The van der Waals surface area contributed by atoms with Gasteiger partial charge in [0, 0.05) is 12.8 Å². The summed E-state index contributed by atoms with van der Waals surface area (Å²) in [5, 5.41) is 0. The molecule has 2 aliphatic rings. The zero-order valence-electron chi connectivity index (χ0n) is 12.4. The lowest BCUT2D eigenvalue weighted by atomic mass is 9.93. The number of rotatable bonds is 3. The van der Waals surface area contributed by atoms with Crippen molar-refractivity contribution in [2.75, 3.05) is 20.8 Å². The minimum Gasteiger partial charge on any atom is -0.493 e. The van der Waals surface area contributed by atoms with Crippen LogP contribution in [0.3, 0.4) is 0 Å². The van der Waals surface area contributed by atoms with Crippen molar-refractivity contribution >= 4 is 5.78 Å². The number of methoxy groups -OCH3 is 2. The fourth-order valence-corrected chi connectivity index (χ4v) is 3.03. The predicted octanol–water partition coefficient (Wildman–Crippen LogP) is 2.63. The van der Waals surface area contributed by atoms with Gasteiger partial charge in [-0.15, -0.1) is 0 Å². The van der Waals surface area contributed by atoms with Gasteiger partial charge in [0.1, 0.15) is 11.9 Å². The Morgan fingerprint density at radius 2 is 2.05 bits per heavy atom. The summed E-state index contributed by atoms with van der Waals surface area (Å²) in [5.41, 5.74) is 0.975. The molecule has 114 valence electrons. The van der Waals surface area contributed by atoms with Crippen molar-refractivity contribution in [3.8, 4) is 11.5 Å². The number of carbonyl (C=O) groups is 1. The van der Waals surface area contributed by atoms with E-state index in [0.717, 1.165) is 18.4 Å². The van der Waals surface area contributed by atoms with E-state index in [2.05, 4.69) is 0 Å². The Morgan fingerprint density at radius 1 is 1.24 bits per heavy atom. The standard InChI is InChI=1S/C16H20O5/c1-18-13-6-5-11(8-14(13)19-2)15-10-20-16(21-15)7-3-4-12(17)9-16/h5-6,8,15H,3-4,7,9-10H2,1-2H3. The van der Waals surface area contributed by atoms with Gasteiger partial charge in [0.15, 0.2) is 17.3 Å². The molecule has 21 heavy (non-hydrogen) atoms. The fraction of sp³-hybridized carbons (Fsp3) is 0.562. The number of hydrogen-bond acceptors (Lipinski definition) is 5. The van der Waals surface area contributed by atoms with Crippen molar-refractivity contribution in [3.63, 3.8) is 0 Å². The zero-order chi connectivity index (χ0) is 14.9. The average molecular weight is 292 g/mol. The fourth-order valence-electron chi connectivity index (χ4n) is 3.03. The van der Waals surface area contributed by atoms with Crippen LogP contribution in [0.2, 0.25) is 0 Å². The van der Waals surface area contributed by atoms with Crippen LogP contribution in [-0.4, -0.2) is 32.4 Å². The predicted molar refractivity (Wildman–Crippen MR) is 75.5 cm³/mol. The van der Waals surface area contributed by atoms with E-state index in [9.17, 15) is 4.79 Å². The summed E-state index contributed by atoms with van der Waals surface area (Å²) in [4.78, 5) is 11.7. The van der Waals surface area contributed by atoms with E-state index in [4.69, 9.17) is 18.9 Å². The highest BCUT2D eigenvalue weighted by Crippen LogP contribution is 2.42. The Morgan fingerprint density at radius 3 is 2.76 bits per heavy atom. The van der Waals surface area contributed by atoms with Gasteiger partial charge in [-0.1, -0.05) is 6.07 Å². The summed E-state index contributed by atoms with van der Waals surface area (Å²) in [6, 6.07) is 5.70. The average Bonchev–Trinajstić information content (AvgIpc) is 2.89. The number of benzene rings is 1. The van der Waals surface area contributed by atoms with Crippen LogP contribution in [0.4, 0.5) is 0 Å². The molecule has 5 heteroatoms. The van der Waals surface area contributed by atoms with Crippen LogP contribution in [0, 0.1) is 0 Å². The van der Waals surface area contributed by atoms with Gasteiger partial charge in [-0.25, -0.2) is 0 Å². The van der Waals surface area contributed by atoms with Gasteiger partial charge in [-0.2, -0.15) is 0 Å². The van der Waals surface area contributed by atoms with Crippen molar-refractivity contribution < 1.29 is 23.7 Å².